The molecule has 0 aliphatic heterocycles. The Morgan fingerprint density at radius 1 is 0.880 bits per heavy atom. The first kappa shape index (κ1) is 18.7. The first-order chi connectivity index (χ1) is 12.1. The van der Waals surface area contributed by atoms with Crippen molar-refractivity contribution in [2.24, 2.45) is 0 Å². The van der Waals surface area contributed by atoms with Crippen LogP contribution in [0, 0.1) is 0 Å². The Bertz CT molecular complexity index is 714. The molecule has 0 aliphatic rings. The van der Waals surface area contributed by atoms with E-state index in [4.69, 9.17) is 35.3 Å². The summed E-state index contributed by atoms with van der Waals surface area (Å²) >= 11 is 5.80. The summed E-state index contributed by atoms with van der Waals surface area (Å²) in [5, 5.41) is 0.624. The summed E-state index contributed by atoms with van der Waals surface area (Å²) < 4.78 is 26.3. The molecule has 0 fully saturated rings. The van der Waals surface area contributed by atoms with Crippen molar-refractivity contribution >= 4 is 17.6 Å². The Morgan fingerprint density at radius 3 is 2.08 bits per heavy atom. The highest BCUT2D eigenvalue weighted by molar-refractivity contribution is 6.30. The van der Waals surface area contributed by atoms with Gasteiger partial charge in [-0.3, -0.25) is 0 Å². The van der Waals surface area contributed by atoms with Crippen LogP contribution in [0.15, 0.2) is 36.4 Å². The molecule has 0 spiro atoms. The van der Waals surface area contributed by atoms with Gasteiger partial charge in [-0.15, -0.1) is 0 Å². The molecule has 0 unspecified atom stereocenters. The summed E-state index contributed by atoms with van der Waals surface area (Å²) in [7, 11) is 4.45. The number of esters is 1. The Balaban J connectivity index is 1.96. The van der Waals surface area contributed by atoms with Gasteiger partial charge in [0.2, 0.25) is 0 Å². The Hall–Kier alpha value is -2.60. The second-order valence-electron chi connectivity index (χ2n) is 4.85. The highest BCUT2D eigenvalue weighted by Gasteiger charge is 2.18. The molecule has 0 saturated heterocycles. The maximum absolute atomic E-state index is 12.3. The summed E-state index contributed by atoms with van der Waals surface area (Å²) in [6.45, 7) is 0.294. The molecule has 2 aromatic rings. The van der Waals surface area contributed by atoms with E-state index in [2.05, 4.69) is 0 Å². The highest BCUT2D eigenvalue weighted by atomic mass is 35.5. The van der Waals surface area contributed by atoms with Crippen molar-refractivity contribution in [1.29, 1.82) is 0 Å². The van der Waals surface area contributed by atoms with E-state index in [-0.39, 0.29) is 18.8 Å². The zero-order valence-corrected chi connectivity index (χ0v) is 15.0. The lowest BCUT2D eigenvalue weighted by molar-refractivity contribution is 0.0446. The van der Waals surface area contributed by atoms with Gasteiger partial charge in [0.1, 0.15) is 30.3 Å². The normalized spacial score (nSPS) is 10.1. The molecule has 2 rings (SSSR count). The number of hydrogen-bond acceptors (Lipinski definition) is 6. The lowest BCUT2D eigenvalue weighted by Gasteiger charge is -2.13. The van der Waals surface area contributed by atoms with Crippen molar-refractivity contribution in [2.75, 3.05) is 34.5 Å². The minimum atomic E-state index is -0.544. The third kappa shape index (κ3) is 4.93. The van der Waals surface area contributed by atoms with E-state index in [0.717, 1.165) is 0 Å². The van der Waals surface area contributed by atoms with Crippen molar-refractivity contribution in [3.63, 3.8) is 0 Å². The van der Waals surface area contributed by atoms with Crippen LogP contribution in [0.1, 0.15) is 10.4 Å². The van der Waals surface area contributed by atoms with Crippen LogP contribution in [0.3, 0.4) is 0 Å². The van der Waals surface area contributed by atoms with Crippen LogP contribution >= 0.6 is 11.6 Å². The smallest absolute Gasteiger partial charge is 0.342 e. The lowest BCUT2D eigenvalue weighted by Crippen LogP contribution is -2.13. The summed E-state index contributed by atoms with van der Waals surface area (Å²) in [4.78, 5) is 12.3. The SMILES string of the molecule is COc1cc(OC)c(C(=O)OCCOc2ccc(Cl)cc2)cc1OC. The van der Waals surface area contributed by atoms with E-state index in [0.29, 0.717) is 28.0 Å². The van der Waals surface area contributed by atoms with Gasteiger partial charge in [-0.2, -0.15) is 0 Å². The number of carbonyl (C=O) groups is 1. The highest BCUT2D eigenvalue weighted by Crippen LogP contribution is 2.34. The number of halogens is 1. The summed E-state index contributed by atoms with van der Waals surface area (Å²) in [6.07, 6.45) is 0. The fourth-order valence-electron chi connectivity index (χ4n) is 2.09. The minimum Gasteiger partial charge on any atom is -0.496 e. The lowest BCUT2D eigenvalue weighted by atomic mass is 10.1. The van der Waals surface area contributed by atoms with Gasteiger partial charge < -0.3 is 23.7 Å². The topological polar surface area (TPSA) is 63.2 Å². The third-order valence-corrected chi connectivity index (χ3v) is 3.58. The number of methoxy groups -OCH3 is 3. The predicted octanol–water partition coefficient (Wildman–Crippen LogP) is 3.60. The molecular weight excluding hydrogens is 348 g/mol. The van der Waals surface area contributed by atoms with E-state index in [9.17, 15) is 4.79 Å². The van der Waals surface area contributed by atoms with Gasteiger partial charge in [-0.1, -0.05) is 11.6 Å². The summed E-state index contributed by atoms with van der Waals surface area (Å²) in [5.41, 5.74) is 0.242. The Labute approximate surface area is 151 Å². The van der Waals surface area contributed by atoms with Crippen molar-refractivity contribution in [3.05, 3.63) is 47.0 Å². The van der Waals surface area contributed by atoms with Gasteiger partial charge in [-0.25, -0.2) is 4.79 Å². The van der Waals surface area contributed by atoms with Crippen LogP contribution in [0.4, 0.5) is 0 Å². The average molecular weight is 367 g/mol. The second-order valence-corrected chi connectivity index (χ2v) is 5.28. The maximum Gasteiger partial charge on any atom is 0.342 e. The number of rotatable bonds is 8. The number of ether oxygens (including phenoxy) is 5. The van der Waals surface area contributed by atoms with Crippen LogP contribution in [-0.4, -0.2) is 40.5 Å². The molecule has 0 atom stereocenters. The standard InChI is InChI=1S/C18H19ClO6/c1-21-15-11-17(23-3)16(22-2)10-14(15)18(20)25-9-8-24-13-6-4-12(19)5-7-13/h4-7,10-11H,8-9H2,1-3H3. The number of benzene rings is 2. The van der Waals surface area contributed by atoms with Gasteiger partial charge in [0.15, 0.2) is 11.5 Å². The van der Waals surface area contributed by atoms with Crippen LogP contribution < -0.4 is 18.9 Å². The Kier molecular flexibility index (Phi) is 6.77. The van der Waals surface area contributed by atoms with Crippen LogP contribution in [-0.2, 0) is 4.74 Å². The van der Waals surface area contributed by atoms with Crippen LogP contribution in [0.5, 0.6) is 23.0 Å². The van der Waals surface area contributed by atoms with Crippen LogP contribution in [0.25, 0.3) is 0 Å². The summed E-state index contributed by atoms with van der Waals surface area (Å²) in [6, 6.07) is 10.00. The molecule has 2 aromatic carbocycles. The fraction of sp³-hybridized carbons (Fsp3) is 0.278. The fourth-order valence-corrected chi connectivity index (χ4v) is 2.22. The van der Waals surface area contributed by atoms with E-state index in [1.54, 1.807) is 30.3 Å². The number of carbonyl (C=O) groups excluding carboxylic acids is 1. The molecule has 0 radical (unpaired) electrons. The van der Waals surface area contributed by atoms with E-state index < -0.39 is 5.97 Å². The van der Waals surface area contributed by atoms with E-state index in [1.165, 1.54) is 27.4 Å². The Morgan fingerprint density at radius 2 is 1.48 bits per heavy atom. The zero-order chi connectivity index (χ0) is 18.2. The molecule has 0 saturated carbocycles. The molecule has 0 N–H and O–H groups in total. The van der Waals surface area contributed by atoms with Gasteiger partial charge in [0.05, 0.1) is 21.3 Å². The first-order valence-electron chi connectivity index (χ1n) is 7.44. The zero-order valence-electron chi connectivity index (χ0n) is 14.2. The molecular formula is C18H19ClO6. The molecule has 0 aromatic heterocycles. The van der Waals surface area contributed by atoms with E-state index >= 15 is 0 Å². The monoisotopic (exact) mass is 366 g/mol. The van der Waals surface area contributed by atoms with Crippen molar-refractivity contribution in [3.8, 4) is 23.0 Å². The third-order valence-electron chi connectivity index (χ3n) is 3.32. The van der Waals surface area contributed by atoms with Gasteiger partial charge in [0.25, 0.3) is 0 Å². The molecule has 6 nitrogen and oxygen atoms in total. The van der Waals surface area contributed by atoms with Gasteiger partial charge >= 0.3 is 5.97 Å². The molecule has 0 bridgehead atoms. The molecule has 0 amide bonds. The van der Waals surface area contributed by atoms with Gasteiger partial charge in [0, 0.05) is 17.2 Å². The predicted molar refractivity (Wildman–Crippen MR) is 93.3 cm³/mol. The maximum atomic E-state index is 12.3. The number of hydrogen-bond donors (Lipinski definition) is 0. The minimum absolute atomic E-state index is 0.0823. The van der Waals surface area contributed by atoms with Crippen LogP contribution in [0.2, 0.25) is 5.02 Å². The summed E-state index contributed by atoms with van der Waals surface area (Å²) in [5.74, 6) is 1.30. The molecule has 134 valence electrons. The molecule has 0 aliphatic carbocycles. The average Bonchev–Trinajstić information content (AvgIpc) is 2.65. The van der Waals surface area contributed by atoms with Gasteiger partial charge in [-0.05, 0) is 24.3 Å². The molecule has 0 heterocycles. The second kappa shape index (κ2) is 9.03. The van der Waals surface area contributed by atoms with E-state index in [1.807, 2.05) is 0 Å². The largest absolute Gasteiger partial charge is 0.496 e. The molecule has 7 heteroatoms. The van der Waals surface area contributed by atoms with Crippen molar-refractivity contribution in [1.82, 2.24) is 0 Å². The quantitative estimate of drug-likeness (QED) is 0.525. The van der Waals surface area contributed by atoms with Crippen molar-refractivity contribution in [2.45, 2.75) is 0 Å². The molecule has 25 heavy (non-hydrogen) atoms. The van der Waals surface area contributed by atoms with Crippen molar-refractivity contribution < 1.29 is 28.5 Å². The first-order valence-corrected chi connectivity index (χ1v) is 7.82.